The second kappa shape index (κ2) is 6.37. The zero-order valence-corrected chi connectivity index (χ0v) is 12.6. The largest absolute Gasteiger partial charge is 0.382 e. The summed E-state index contributed by atoms with van der Waals surface area (Å²) in [6.07, 6.45) is 6.18. The molecule has 2 atom stereocenters. The van der Waals surface area contributed by atoms with E-state index in [4.69, 9.17) is 0 Å². The Bertz CT molecular complexity index is 465. The van der Waals surface area contributed by atoms with Gasteiger partial charge >= 0.3 is 0 Å². The van der Waals surface area contributed by atoms with Crippen LogP contribution in [0.4, 0.5) is 11.4 Å². The number of nitrogens with one attached hydrogen (secondary N) is 1. The van der Waals surface area contributed by atoms with Gasteiger partial charge in [0.05, 0.1) is 9.40 Å². The van der Waals surface area contributed by atoms with Gasteiger partial charge in [-0.05, 0) is 53.2 Å². The molecule has 1 N–H and O–H groups in total. The van der Waals surface area contributed by atoms with E-state index < -0.39 is 0 Å². The first-order valence-corrected chi connectivity index (χ1v) is 7.56. The van der Waals surface area contributed by atoms with Crippen LogP contribution in [0.1, 0.15) is 39.0 Å². The zero-order chi connectivity index (χ0) is 13.8. The molecule has 4 nitrogen and oxygen atoms in total. The smallest absolute Gasteiger partial charge is 0.283 e. The van der Waals surface area contributed by atoms with Crippen molar-refractivity contribution >= 4 is 27.3 Å². The van der Waals surface area contributed by atoms with Crippen LogP contribution in [0.2, 0.25) is 0 Å². The molecule has 0 aliphatic heterocycles. The molecule has 19 heavy (non-hydrogen) atoms. The third-order valence-corrected chi connectivity index (χ3v) is 4.41. The van der Waals surface area contributed by atoms with Crippen molar-refractivity contribution in [1.82, 2.24) is 0 Å². The maximum atomic E-state index is 10.8. The van der Waals surface area contributed by atoms with Crippen LogP contribution in [0.25, 0.3) is 0 Å². The molecule has 104 valence electrons. The fourth-order valence-electron chi connectivity index (χ4n) is 2.61. The number of rotatable bonds is 3. The molecule has 0 aromatic heterocycles. The highest BCUT2D eigenvalue weighted by molar-refractivity contribution is 9.10. The van der Waals surface area contributed by atoms with E-state index >= 15 is 0 Å². The third-order valence-electron chi connectivity index (χ3n) is 3.77. The topological polar surface area (TPSA) is 55.2 Å². The van der Waals surface area contributed by atoms with Gasteiger partial charge in [-0.25, -0.2) is 0 Å². The first-order chi connectivity index (χ1) is 9.06. The van der Waals surface area contributed by atoms with E-state index in [9.17, 15) is 10.1 Å². The van der Waals surface area contributed by atoms with Gasteiger partial charge in [0.25, 0.3) is 5.69 Å². The Kier molecular flexibility index (Phi) is 4.80. The molecule has 0 amide bonds. The SMILES string of the molecule is CC1CCCC(Nc2ccc([N+](=O)[O-])c(Br)c2)CC1. The summed E-state index contributed by atoms with van der Waals surface area (Å²) in [4.78, 5) is 10.4. The number of nitrogens with zero attached hydrogens (tertiary/aromatic N) is 1. The molecule has 1 aromatic carbocycles. The highest BCUT2D eigenvalue weighted by Gasteiger charge is 2.17. The standard InChI is InChI=1S/C14H19BrN2O2/c1-10-3-2-4-11(6-5-10)16-12-7-8-14(17(18)19)13(15)9-12/h7-11,16H,2-6H2,1H3. The lowest BCUT2D eigenvalue weighted by atomic mass is 10.0. The fourth-order valence-corrected chi connectivity index (χ4v) is 3.14. The summed E-state index contributed by atoms with van der Waals surface area (Å²) >= 11 is 3.26. The van der Waals surface area contributed by atoms with Crippen molar-refractivity contribution in [3.05, 3.63) is 32.8 Å². The van der Waals surface area contributed by atoms with Crippen molar-refractivity contribution in [1.29, 1.82) is 0 Å². The molecule has 1 aliphatic rings. The van der Waals surface area contributed by atoms with Gasteiger partial charge in [0.15, 0.2) is 0 Å². The van der Waals surface area contributed by atoms with Crippen LogP contribution >= 0.6 is 15.9 Å². The first kappa shape index (κ1) is 14.3. The molecule has 1 aliphatic carbocycles. The molecule has 2 rings (SSSR count). The summed E-state index contributed by atoms with van der Waals surface area (Å²) in [7, 11) is 0. The molecule has 0 heterocycles. The molecule has 5 heteroatoms. The lowest BCUT2D eigenvalue weighted by molar-refractivity contribution is -0.385. The quantitative estimate of drug-likeness (QED) is 0.496. The van der Waals surface area contributed by atoms with Crippen molar-refractivity contribution in [3.8, 4) is 0 Å². The zero-order valence-electron chi connectivity index (χ0n) is 11.1. The van der Waals surface area contributed by atoms with E-state index in [0.717, 1.165) is 11.6 Å². The average molecular weight is 327 g/mol. The maximum Gasteiger partial charge on any atom is 0.283 e. The number of hydrogen-bond donors (Lipinski definition) is 1. The van der Waals surface area contributed by atoms with Crippen LogP contribution < -0.4 is 5.32 Å². The fraction of sp³-hybridized carbons (Fsp3) is 0.571. The second-order valence-electron chi connectivity index (χ2n) is 5.38. The van der Waals surface area contributed by atoms with Crippen LogP contribution in [0, 0.1) is 16.0 Å². The second-order valence-corrected chi connectivity index (χ2v) is 6.23. The number of nitro groups is 1. The summed E-state index contributed by atoms with van der Waals surface area (Å²) in [5.74, 6) is 0.815. The van der Waals surface area contributed by atoms with E-state index in [0.29, 0.717) is 10.5 Å². The third kappa shape index (κ3) is 3.93. The normalized spacial score (nSPS) is 23.7. The number of benzene rings is 1. The maximum absolute atomic E-state index is 10.8. The minimum atomic E-state index is -0.374. The van der Waals surface area contributed by atoms with Crippen molar-refractivity contribution in [2.45, 2.75) is 45.1 Å². The lowest BCUT2D eigenvalue weighted by Crippen LogP contribution is -2.18. The van der Waals surface area contributed by atoms with Crippen molar-refractivity contribution in [2.24, 2.45) is 5.92 Å². The average Bonchev–Trinajstić information content (AvgIpc) is 2.54. The lowest BCUT2D eigenvalue weighted by Gasteiger charge is -2.18. The molecule has 2 unspecified atom stereocenters. The Hall–Kier alpha value is -1.10. The van der Waals surface area contributed by atoms with Crippen LogP contribution in [0.15, 0.2) is 22.7 Å². The molecule has 1 aromatic rings. The van der Waals surface area contributed by atoms with Crippen LogP contribution in [0.3, 0.4) is 0 Å². The monoisotopic (exact) mass is 326 g/mol. The predicted molar refractivity (Wildman–Crippen MR) is 80.5 cm³/mol. The Labute approximate surface area is 121 Å². The molecule has 0 spiro atoms. The number of nitro benzene ring substituents is 1. The summed E-state index contributed by atoms with van der Waals surface area (Å²) in [5, 5.41) is 14.3. The van der Waals surface area contributed by atoms with E-state index in [1.54, 1.807) is 18.2 Å². The Morgan fingerprint density at radius 1 is 1.32 bits per heavy atom. The molecule has 0 saturated heterocycles. The van der Waals surface area contributed by atoms with Gasteiger partial charge in [0, 0.05) is 17.8 Å². The van der Waals surface area contributed by atoms with Crippen molar-refractivity contribution < 1.29 is 4.92 Å². The number of halogens is 1. The van der Waals surface area contributed by atoms with Gasteiger partial charge in [0.1, 0.15) is 0 Å². The van der Waals surface area contributed by atoms with Crippen LogP contribution in [-0.4, -0.2) is 11.0 Å². The summed E-state index contributed by atoms with van der Waals surface area (Å²) in [6, 6.07) is 5.62. The predicted octanol–water partition coefficient (Wildman–Crippen LogP) is 4.74. The molecule has 0 bridgehead atoms. The molecule has 0 radical (unpaired) electrons. The van der Waals surface area contributed by atoms with Crippen molar-refractivity contribution in [2.75, 3.05) is 5.32 Å². The van der Waals surface area contributed by atoms with Crippen LogP contribution in [-0.2, 0) is 0 Å². The summed E-state index contributed by atoms with van der Waals surface area (Å²) in [6.45, 7) is 2.31. The van der Waals surface area contributed by atoms with Gasteiger partial charge in [-0.3, -0.25) is 10.1 Å². The first-order valence-electron chi connectivity index (χ1n) is 6.76. The minimum Gasteiger partial charge on any atom is -0.382 e. The number of hydrogen-bond acceptors (Lipinski definition) is 3. The van der Waals surface area contributed by atoms with E-state index in [-0.39, 0.29) is 10.6 Å². The minimum absolute atomic E-state index is 0.111. The Morgan fingerprint density at radius 2 is 2.11 bits per heavy atom. The molecular formula is C14H19BrN2O2. The van der Waals surface area contributed by atoms with Gasteiger partial charge in [-0.2, -0.15) is 0 Å². The van der Waals surface area contributed by atoms with E-state index in [1.807, 2.05) is 0 Å². The Balaban J connectivity index is 2.03. The van der Waals surface area contributed by atoms with Gasteiger partial charge in [-0.1, -0.05) is 19.8 Å². The molecule has 1 fully saturated rings. The Morgan fingerprint density at radius 3 is 2.79 bits per heavy atom. The highest BCUT2D eigenvalue weighted by atomic mass is 79.9. The van der Waals surface area contributed by atoms with Gasteiger partial charge in [-0.15, -0.1) is 0 Å². The molecule has 1 saturated carbocycles. The van der Waals surface area contributed by atoms with Gasteiger partial charge in [0.2, 0.25) is 0 Å². The summed E-state index contributed by atoms with van der Waals surface area (Å²) < 4.78 is 0.532. The molecular weight excluding hydrogens is 308 g/mol. The van der Waals surface area contributed by atoms with Crippen LogP contribution in [0.5, 0.6) is 0 Å². The highest BCUT2D eigenvalue weighted by Crippen LogP contribution is 2.30. The van der Waals surface area contributed by atoms with E-state index in [1.165, 1.54) is 32.1 Å². The number of anilines is 1. The van der Waals surface area contributed by atoms with E-state index in [2.05, 4.69) is 28.2 Å². The summed E-state index contributed by atoms with van der Waals surface area (Å²) in [5.41, 5.74) is 1.07. The van der Waals surface area contributed by atoms with Crippen molar-refractivity contribution in [3.63, 3.8) is 0 Å². The van der Waals surface area contributed by atoms with Gasteiger partial charge < -0.3 is 5.32 Å².